The third-order valence-corrected chi connectivity index (χ3v) is 2.35. The lowest BCUT2D eigenvalue weighted by atomic mass is 10.1. The zero-order valence-electron chi connectivity index (χ0n) is 10.4. The van der Waals surface area contributed by atoms with Crippen LogP contribution in [0.4, 0.5) is 4.39 Å². The lowest BCUT2D eigenvalue weighted by Crippen LogP contribution is -2.32. The number of nitrogens with two attached hydrogens (primary N) is 1. The largest absolute Gasteiger partial charge is 0.480 e. The van der Waals surface area contributed by atoms with Gasteiger partial charge in [-0.2, -0.15) is 0 Å². The van der Waals surface area contributed by atoms with Gasteiger partial charge >= 0.3 is 5.97 Å². The van der Waals surface area contributed by atoms with E-state index in [0.717, 1.165) is 5.56 Å². The molecule has 0 bridgehead atoms. The fourth-order valence-electron chi connectivity index (χ4n) is 1.37. The van der Waals surface area contributed by atoms with Crippen LogP contribution in [0, 0.1) is 5.82 Å². The molecule has 0 saturated heterocycles. The second-order valence-electron chi connectivity index (χ2n) is 3.93. The minimum atomic E-state index is -0.959. The summed E-state index contributed by atoms with van der Waals surface area (Å²) in [4.78, 5) is 10.4. The summed E-state index contributed by atoms with van der Waals surface area (Å²) in [5, 5.41) is 8.52. The fourth-order valence-corrected chi connectivity index (χ4v) is 1.37. The standard InChI is InChI=1S/C9H11NO2.C6H5F/c10-8(9(11)12)6-7-4-2-1-3-5-7;7-6-4-2-1-3-5-6/h1-5,8H,6,10H2,(H,11,12);1-5H/t8-;/m0./s1. The fraction of sp³-hybridized carbons (Fsp3) is 0.133. The number of halogens is 1. The molecule has 2 rings (SSSR count). The molecule has 4 heteroatoms. The number of carboxylic acids is 1. The molecule has 0 fully saturated rings. The summed E-state index contributed by atoms with van der Waals surface area (Å²) >= 11 is 0. The van der Waals surface area contributed by atoms with Crippen LogP contribution in [0.5, 0.6) is 0 Å². The highest BCUT2D eigenvalue weighted by Crippen LogP contribution is 2.01. The monoisotopic (exact) mass is 261 g/mol. The topological polar surface area (TPSA) is 63.3 Å². The van der Waals surface area contributed by atoms with E-state index in [-0.39, 0.29) is 5.82 Å². The van der Waals surface area contributed by atoms with Crippen LogP contribution in [0.2, 0.25) is 0 Å². The lowest BCUT2D eigenvalue weighted by molar-refractivity contribution is -0.138. The van der Waals surface area contributed by atoms with E-state index < -0.39 is 12.0 Å². The molecular weight excluding hydrogens is 245 g/mol. The summed E-state index contributed by atoms with van der Waals surface area (Å²) in [6.45, 7) is 0. The summed E-state index contributed by atoms with van der Waals surface area (Å²) in [5.74, 6) is -1.14. The average Bonchev–Trinajstić information content (AvgIpc) is 2.41. The van der Waals surface area contributed by atoms with Gasteiger partial charge in [0.25, 0.3) is 0 Å². The van der Waals surface area contributed by atoms with Gasteiger partial charge in [-0.25, -0.2) is 4.39 Å². The predicted molar refractivity (Wildman–Crippen MR) is 72.2 cm³/mol. The molecule has 2 aromatic rings. The van der Waals surface area contributed by atoms with Gasteiger partial charge in [-0.15, -0.1) is 0 Å². The van der Waals surface area contributed by atoms with Crippen molar-refractivity contribution in [1.29, 1.82) is 0 Å². The van der Waals surface area contributed by atoms with Crippen LogP contribution in [0.1, 0.15) is 5.56 Å². The Morgan fingerprint density at radius 1 is 1.05 bits per heavy atom. The summed E-state index contributed by atoms with van der Waals surface area (Å²) in [6.07, 6.45) is 0.385. The molecule has 1 atom stereocenters. The van der Waals surface area contributed by atoms with E-state index in [2.05, 4.69) is 0 Å². The number of hydrogen-bond donors (Lipinski definition) is 2. The van der Waals surface area contributed by atoms with E-state index in [1.807, 2.05) is 30.3 Å². The van der Waals surface area contributed by atoms with Crippen molar-refractivity contribution in [3.05, 3.63) is 72.0 Å². The van der Waals surface area contributed by atoms with Crippen molar-refractivity contribution < 1.29 is 14.3 Å². The average molecular weight is 261 g/mol. The van der Waals surface area contributed by atoms with Crippen LogP contribution in [0.3, 0.4) is 0 Å². The Balaban J connectivity index is 0.000000218. The van der Waals surface area contributed by atoms with E-state index in [9.17, 15) is 9.18 Å². The first-order valence-corrected chi connectivity index (χ1v) is 5.82. The third kappa shape index (κ3) is 6.33. The first kappa shape index (κ1) is 14.9. The Morgan fingerprint density at radius 2 is 1.53 bits per heavy atom. The number of aliphatic carboxylic acids is 1. The van der Waals surface area contributed by atoms with Crippen molar-refractivity contribution in [3.8, 4) is 0 Å². The number of carboxylic acid groups (broad SMARTS) is 1. The molecule has 100 valence electrons. The predicted octanol–water partition coefficient (Wildman–Crippen LogP) is 2.47. The van der Waals surface area contributed by atoms with Gasteiger partial charge in [0.2, 0.25) is 0 Å². The molecule has 19 heavy (non-hydrogen) atoms. The Bertz CT molecular complexity index is 488. The van der Waals surface area contributed by atoms with Crippen molar-refractivity contribution in [2.24, 2.45) is 5.73 Å². The molecule has 0 saturated carbocycles. The van der Waals surface area contributed by atoms with Crippen LogP contribution >= 0.6 is 0 Å². The number of carbonyl (C=O) groups is 1. The maximum absolute atomic E-state index is 11.9. The smallest absolute Gasteiger partial charge is 0.320 e. The highest BCUT2D eigenvalue weighted by atomic mass is 19.1. The summed E-state index contributed by atoms with van der Waals surface area (Å²) in [5.41, 5.74) is 6.30. The summed E-state index contributed by atoms with van der Waals surface area (Å²) < 4.78 is 11.9. The number of benzene rings is 2. The van der Waals surface area contributed by atoms with Gasteiger partial charge in [0.1, 0.15) is 11.9 Å². The maximum Gasteiger partial charge on any atom is 0.320 e. The van der Waals surface area contributed by atoms with Crippen LogP contribution in [-0.4, -0.2) is 17.1 Å². The molecule has 3 nitrogen and oxygen atoms in total. The molecule has 0 heterocycles. The van der Waals surface area contributed by atoms with Crippen molar-refractivity contribution in [2.75, 3.05) is 0 Å². The van der Waals surface area contributed by atoms with Gasteiger partial charge in [0.05, 0.1) is 0 Å². The second-order valence-corrected chi connectivity index (χ2v) is 3.93. The van der Waals surface area contributed by atoms with Crippen molar-refractivity contribution in [1.82, 2.24) is 0 Å². The van der Waals surface area contributed by atoms with Gasteiger partial charge in [-0.1, -0.05) is 48.5 Å². The van der Waals surface area contributed by atoms with Crippen molar-refractivity contribution >= 4 is 5.97 Å². The SMILES string of the molecule is Fc1ccccc1.N[C@@H](Cc1ccccc1)C(=O)O. The lowest BCUT2D eigenvalue weighted by Gasteiger charge is -2.04. The molecule has 0 amide bonds. The first-order valence-electron chi connectivity index (χ1n) is 5.82. The number of hydrogen-bond acceptors (Lipinski definition) is 2. The summed E-state index contributed by atoms with van der Waals surface area (Å²) in [6, 6.07) is 16.5. The Morgan fingerprint density at radius 3 is 1.89 bits per heavy atom. The second kappa shape index (κ2) is 8.00. The highest BCUT2D eigenvalue weighted by molar-refractivity contribution is 5.73. The quantitative estimate of drug-likeness (QED) is 0.892. The minimum Gasteiger partial charge on any atom is -0.480 e. The Hall–Kier alpha value is -2.20. The van der Waals surface area contributed by atoms with Gasteiger partial charge in [-0.3, -0.25) is 4.79 Å². The van der Waals surface area contributed by atoms with Crippen molar-refractivity contribution in [2.45, 2.75) is 12.5 Å². The van der Waals surface area contributed by atoms with Gasteiger partial charge in [0.15, 0.2) is 0 Å². The molecule has 0 aliphatic carbocycles. The molecule has 0 aromatic heterocycles. The Kier molecular flexibility index (Phi) is 6.26. The van der Waals surface area contributed by atoms with E-state index in [4.69, 9.17) is 10.8 Å². The molecular formula is C15H16FNO2. The molecule has 0 aliphatic heterocycles. The highest BCUT2D eigenvalue weighted by Gasteiger charge is 2.10. The van der Waals surface area contributed by atoms with Gasteiger partial charge in [0, 0.05) is 0 Å². The summed E-state index contributed by atoms with van der Waals surface area (Å²) in [7, 11) is 0. The minimum absolute atomic E-state index is 0.178. The molecule has 0 radical (unpaired) electrons. The van der Waals surface area contributed by atoms with Crippen molar-refractivity contribution in [3.63, 3.8) is 0 Å². The van der Waals surface area contributed by atoms with E-state index >= 15 is 0 Å². The van der Waals surface area contributed by atoms with Crippen LogP contribution in [0.15, 0.2) is 60.7 Å². The van der Waals surface area contributed by atoms with E-state index in [1.54, 1.807) is 18.2 Å². The molecule has 2 aromatic carbocycles. The van der Waals surface area contributed by atoms with Crippen LogP contribution < -0.4 is 5.73 Å². The zero-order valence-corrected chi connectivity index (χ0v) is 10.4. The normalized spacial score (nSPS) is 11.1. The zero-order chi connectivity index (χ0) is 14.1. The first-order chi connectivity index (χ1) is 9.09. The van der Waals surface area contributed by atoms with Crippen LogP contribution in [-0.2, 0) is 11.2 Å². The molecule has 3 N–H and O–H groups in total. The van der Waals surface area contributed by atoms with Gasteiger partial charge < -0.3 is 10.8 Å². The number of rotatable bonds is 3. The van der Waals surface area contributed by atoms with Gasteiger partial charge in [-0.05, 0) is 24.1 Å². The van der Waals surface area contributed by atoms with Crippen LogP contribution in [0.25, 0.3) is 0 Å². The third-order valence-electron chi connectivity index (χ3n) is 2.35. The molecule has 0 unspecified atom stereocenters. The Labute approximate surface area is 111 Å². The molecule has 0 aliphatic rings. The molecule has 0 spiro atoms. The van der Waals surface area contributed by atoms with E-state index in [1.165, 1.54) is 12.1 Å². The maximum atomic E-state index is 11.9. The van der Waals surface area contributed by atoms with E-state index in [0.29, 0.717) is 6.42 Å².